The number of hydrogen-bond acceptors (Lipinski definition) is 4. The van der Waals surface area contributed by atoms with Gasteiger partial charge >= 0.3 is 11.9 Å². The van der Waals surface area contributed by atoms with Gasteiger partial charge in [-0.15, -0.1) is 0 Å². The van der Waals surface area contributed by atoms with Gasteiger partial charge < -0.3 is 20.8 Å². The van der Waals surface area contributed by atoms with Crippen LogP contribution in [-0.4, -0.2) is 52.7 Å². The van der Waals surface area contributed by atoms with Crippen LogP contribution in [0, 0.1) is 5.92 Å². The number of rotatable bonds is 2. The van der Waals surface area contributed by atoms with Gasteiger partial charge in [0.2, 0.25) is 0 Å². The molecule has 1 unspecified atom stereocenters. The molecule has 0 aromatic rings. The third kappa shape index (κ3) is 5.57. The molecule has 6 heteroatoms. The Morgan fingerprint density at radius 2 is 1.63 bits per heavy atom. The normalized spacial score (nSPS) is 24.6. The van der Waals surface area contributed by atoms with E-state index in [1.807, 2.05) is 0 Å². The molecule has 0 spiro atoms. The van der Waals surface area contributed by atoms with E-state index in [-0.39, 0.29) is 0 Å². The molecule has 1 aliphatic heterocycles. The average molecular weight is 272 g/mol. The first-order chi connectivity index (χ1) is 9.04. The van der Waals surface area contributed by atoms with Crippen molar-refractivity contribution >= 4 is 11.9 Å². The monoisotopic (exact) mass is 272 g/mol. The summed E-state index contributed by atoms with van der Waals surface area (Å²) < 4.78 is 0. The van der Waals surface area contributed by atoms with E-state index in [0.29, 0.717) is 0 Å². The van der Waals surface area contributed by atoms with E-state index in [2.05, 4.69) is 4.90 Å². The summed E-state index contributed by atoms with van der Waals surface area (Å²) in [5, 5.41) is 14.8. The minimum absolute atomic E-state index is 0.793. The van der Waals surface area contributed by atoms with E-state index in [9.17, 15) is 0 Å². The van der Waals surface area contributed by atoms with Crippen molar-refractivity contribution in [1.29, 1.82) is 0 Å². The van der Waals surface area contributed by atoms with Crippen molar-refractivity contribution in [3.05, 3.63) is 0 Å². The van der Waals surface area contributed by atoms with Crippen molar-refractivity contribution in [3.63, 3.8) is 0 Å². The van der Waals surface area contributed by atoms with Crippen LogP contribution in [0.3, 0.4) is 0 Å². The molecule has 0 bridgehead atoms. The van der Waals surface area contributed by atoms with Gasteiger partial charge in [0.15, 0.2) is 0 Å². The maximum absolute atomic E-state index is 9.10. The van der Waals surface area contributed by atoms with E-state index in [1.165, 1.54) is 51.6 Å². The minimum atomic E-state index is -1.82. The van der Waals surface area contributed by atoms with Gasteiger partial charge in [0, 0.05) is 12.6 Å². The number of nitrogens with zero attached hydrogens (tertiary/aromatic N) is 1. The highest BCUT2D eigenvalue weighted by Crippen LogP contribution is 2.27. The molecular weight excluding hydrogens is 248 g/mol. The maximum atomic E-state index is 9.10. The van der Waals surface area contributed by atoms with Gasteiger partial charge in [0.1, 0.15) is 0 Å². The summed E-state index contributed by atoms with van der Waals surface area (Å²) in [5.41, 5.74) is 5.70. The highest BCUT2D eigenvalue weighted by Gasteiger charge is 2.27. The lowest BCUT2D eigenvalue weighted by atomic mass is 9.94. The van der Waals surface area contributed by atoms with E-state index in [1.54, 1.807) is 0 Å². The van der Waals surface area contributed by atoms with Crippen molar-refractivity contribution in [2.24, 2.45) is 11.7 Å². The third-order valence-corrected chi connectivity index (χ3v) is 3.92. The Balaban J connectivity index is 0.000000258. The van der Waals surface area contributed by atoms with Crippen LogP contribution in [0.15, 0.2) is 0 Å². The molecule has 1 saturated carbocycles. The summed E-state index contributed by atoms with van der Waals surface area (Å²) in [7, 11) is 0. The molecule has 1 heterocycles. The van der Waals surface area contributed by atoms with Crippen LogP contribution in [0.2, 0.25) is 0 Å². The molecule has 4 N–H and O–H groups in total. The molecule has 0 aromatic carbocycles. The first-order valence-electron chi connectivity index (χ1n) is 6.95. The zero-order valence-electron chi connectivity index (χ0n) is 11.3. The molecule has 6 nitrogen and oxygen atoms in total. The van der Waals surface area contributed by atoms with Crippen LogP contribution in [0.25, 0.3) is 0 Å². The quantitative estimate of drug-likeness (QED) is 0.641. The molecule has 0 amide bonds. The van der Waals surface area contributed by atoms with E-state index >= 15 is 0 Å². The largest absolute Gasteiger partial charge is 0.473 e. The Morgan fingerprint density at radius 1 is 1.05 bits per heavy atom. The fourth-order valence-electron chi connectivity index (χ4n) is 2.83. The Labute approximate surface area is 113 Å². The van der Waals surface area contributed by atoms with Crippen LogP contribution >= 0.6 is 0 Å². The van der Waals surface area contributed by atoms with Crippen LogP contribution in [0.5, 0.6) is 0 Å². The van der Waals surface area contributed by atoms with Crippen molar-refractivity contribution in [2.45, 2.75) is 44.6 Å². The second-order valence-corrected chi connectivity index (χ2v) is 5.29. The molecule has 1 aliphatic carbocycles. The number of nitrogens with two attached hydrogens (primary N) is 1. The Morgan fingerprint density at radius 3 is 2.05 bits per heavy atom. The fourth-order valence-corrected chi connectivity index (χ4v) is 2.83. The minimum Gasteiger partial charge on any atom is -0.473 e. The number of carboxylic acids is 2. The first kappa shape index (κ1) is 15.9. The van der Waals surface area contributed by atoms with Gasteiger partial charge in [0.25, 0.3) is 0 Å². The van der Waals surface area contributed by atoms with Gasteiger partial charge in [0.05, 0.1) is 0 Å². The Kier molecular flexibility index (Phi) is 6.80. The summed E-state index contributed by atoms with van der Waals surface area (Å²) in [6.45, 7) is 3.48. The Hall–Kier alpha value is -1.14. The average Bonchev–Trinajstić information content (AvgIpc) is 2.89. The van der Waals surface area contributed by atoms with Crippen LogP contribution < -0.4 is 5.73 Å². The zero-order chi connectivity index (χ0) is 14.3. The number of carboxylic acid groups (broad SMARTS) is 2. The van der Waals surface area contributed by atoms with Gasteiger partial charge in [-0.05, 0) is 38.3 Å². The van der Waals surface area contributed by atoms with Crippen molar-refractivity contribution in [2.75, 3.05) is 19.6 Å². The van der Waals surface area contributed by atoms with Crippen molar-refractivity contribution in [1.82, 2.24) is 4.90 Å². The molecular formula is C13H24N2O4. The first-order valence-corrected chi connectivity index (χ1v) is 6.95. The molecule has 1 atom stereocenters. The van der Waals surface area contributed by atoms with E-state index < -0.39 is 11.9 Å². The van der Waals surface area contributed by atoms with Crippen LogP contribution in [0.4, 0.5) is 0 Å². The van der Waals surface area contributed by atoms with Gasteiger partial charge in [-0.1, -0.05) is 19.3 Å². The lowest BCUT2D eigenvalue weighted by molar-refractivity contribution is -0.159. The lowest BCUT2D eigenvalue weighted by Gasteiger charge is -2.31. The maximum Gasteiger partial charge on any atom is 0.414 e. The predicted octanol–water partition coefficient (Wildman–Crippen LogP) is 0.755. The number of carbonyl (C=O) groups is 2. The topological polar surface area (TPSA) is 104 Å². The smallest absolute Gasteiger partial charge is 0.414 e. The number of aliphatic carboxylic acids is 2. The summed E-state index contributed by atoms with van der Waals surface area (Å²) in [5.74, 6) is -2.85. The van der Waals surface area contributed by atoms with Gasteiger partial charge in [-0.25, -0.2) is 9.59 Å². The van der Waals surface area contributed by atoms with E-state index in [0.717, 1.165) is 18.5 Å². The second-order valence-electron chi connectivity index (χ2n) is 5.29. The van der Waals surface area contributed by atoms with Crippen LogP contribution in [0.1, 0.15) is 38.5 Å². The summed E-state index contributed by atoms with van der Waals surface area (Å²) in [4.78, 5) is 20.9. The highest BCUT2D eigenvalue weighted by molar-refractivity contribution is 6.27. The molecule has 2 rings (SSSR count). The zero-order valence-corrected chi connectivity index (χ0v) is 11.3. The molecule has 0 radical (unpaired) electrons. The number of hydrogen-bond donors (Lipinski definition) is 3. The number of likely N-dealkylation sites (tertiary alicyclic amines) is 1. The van der Waals surface area contributed by atoms with Crippen molar-refractivity contribution < 1.29 is 19.8 Å². The SMILES string of the molecule is NCC1CCN(C2CCCCC2)C1.O=C(O)C(=O)O. The second kappa shape index (κ2) is 8.12. The van der Waals surface area contributed by atoms with Gasteiger partial charge in [-0.3, -0.25) is 0 Å². The summed E-state index contributed by atoms with van der Waals surface area (Å²) in [6.07, 6.45) is 8.59. The lowest BCUT2D eigenvalue weighted by Crippen LogP contribution is -2.35. The van der Waals surface area contributed by atoms with E-state index in [4.69, 9.17) is 25.5 Å². The van der Waals surface area contributed by atoms with Crippen LogP contribution in [-0.2, 0) is 9.59 Å². The van der Waals surface area contributed by atoms with Gasteiger partial charge in [-0.2, -0.15) is 0 Å². The molecule has 19 heavy (non-hydrogen) atoms. The predicted molar refractivity (Wildman–Crippen MR) is 70.9 cm³/mol. The van der Waals surface area contributed by atoms with Crippen molar-refractivity contribution in [3.8, 4) is 0 Å². The summed E-state index contributed by atoms with van der Waals surface area (Å²) >= 11 is 0. The molecule has 1 saturated heterocycles. The highest BCUT2D eigenvalue weighted by atomic mass is 16.4. The standard InChI is InChI=1S/C11H22N2.C2H2O4/c12-8-10-6-7-13(9-10)11-4-2-1-3-5-11;3-1(4)2(5)6/h10-11H,1-9,12H2;(H,3,4)(H,5,6). The fraction of sp³-hybridized carbons (Fsp3) is 0.846. The third-order valence-electron chi connectivity index (χ3n) is 3.92. The molecule has 0 aromatic heterocycles. The Bertz CT molecular complexity index is 291. The molecule has 110 valence electrons. The molecule has 2 fully saturated rings. The summed E-state index contributed by atoms with van der Waals surface area (Å²) in [6, 6.07) is 0.908. The molecule has 2 aliphatic rings.